The predicted molar refractivity (Wildman–Crippen MR) is 105 cm³/mol. The molecule has 3 aliphatic rings. The molecule has 1 amide bonds. The van der Waals surface area contributed by atoms with E-state index >= 15 is 0 Å². The maximum atomic E-state index is 13.0. The number of benzene rings is 1. The lowest BCUT2D eigenvalue weighted by Gasteiger charge is -2.36. The van der Waals surface area contributed by atoms with Crippen molar-refractivity contribution >= 4 is 5.91 Å². The lowest BCUT2D eigenvalue weighted by Crippen LogP contribution is -2.53. The van der Waals surface area contributed by atoms with Crippen LogP contribution >= 0.6 is 0 Å². The molecule has 2 atom stereocenters. The molecule has 9 heteroatoms. The Labute approximate surface area is 178 Å². The predicted octanol–water partition coefficient (Wildman–Crippen LogP) is 3.24. The van der Waals surface area contributed by atoms with Crippen molar-refractivity contribution in [2.75, 3.05) is 19.6 Å². The van der Waals surface area contributed by atoms with Crippen LogP contribution in [0.1, 0.15) is 42.0 Å². The van der Waals surface area contributed by atoms with E-state index in [9.17, 15) is 18.0 Å². The third-order valence-electron chi connectivity index (χ3n) is 6.18. The van der Waals surface area contributed by atoms with Gasteiger partial charge >= 0.3 is 6.18 Å². The first-order valence-corrected chi connectivity index (χ1v) is 10.5. The average Bonchev–Trinajstić information content (AvgIpc) is 3.51. The Morgan fingerprint density at radius 3 is 2.68 bits per heavy atom. The Bertz CT molecular complexity index is 962. The van der Waals surface area contributed by atoms with Crippen LogP contribution in [-0.2, 0) is 17.5 Å². The van der Waals surface area contributed by atoms with Crippen molar-refractivity contribution in [2.24, 2.45) is 0 Å². The molecule has 5 rings (SSSR count). The molecule has 2 saturated heterocycles. The van der Waals surface area contributed by atoms with E-state index in [1.54, 1.807) is 23.4 Å². The molecule has 1 aromatic carbocycles. The van der Waals surface area contributed by atoms with E-state index in [2.05, 4.69) is 14.9 Å². The van der Waals surface area contributed by atoms with Crippen molar-refractivity contribution in [3.05, 3.63) is 53.5 Å². The van der Waals surface area contributed by atoms with Crippen molar-refractivity contribution in [2.45, 2.75) is 50.0 Å². The number of carbonyl (C=O) groups is 1. The summed E-state index contributed by atoms with van der Waals surface area (Å²) in [6.07, 6.45) is 1.70. The van der Waals surface area contributed by atoms with Crippen molar-refractivity contribution in [1.82, 2.24) is 19.8 Å². The third kappa shape index (κ3) is 4.37. The van der Waals surface area contributed by atoms with Crippen molar-refractivity contribution in [3.8, 4) is 5.88 Å². The molecule has 2 aliphatic heterocycles. The first-order chi connectivity index (χ1) is 14.9. The van der Waals surface area contributed by atoms with Crippen molar-refractivity contribution < 1.29 is 22.7 Å². The number of aromatic nitrogens is 2. The minimum Gasteiger partial charge on any atom is -0.472 e. The number of fused-ring (bicyclic) bond motifs is 1. The van der Waals surface area contributed by atoms with Gasteiger partial charge in [0.1, 0.15) is 6.10 Å². The van der Waals surface area contributed by atoms with E-state index < -0.39 is 11.7 Å². The molecule has 6 nitrogen and oxygen atoms in total. The van der Waals surface area contributed by atoms with Crippen LogP contribution in [-0.4, -0.2) is 57.5 Å². The van der Waals surface area contributed by atoms with Crippen LogP contribution in [0.3, 0.4) is 0 Å². The summed E-state index contributed by atoms with van der Waals surface area (Å²) in [5.74, 6) is 0.926. The fourth-order valence-electron chi connectivity index (χ4n) is 4.39. The number of amides is 1. The molecule has 1 aromatic heterocycles. The van der Waals surface area contributed by atoms with Gasteiger partial charge in [-0.1, -0.05) is 12.1 Å². The summed E-state index contributed by atoms with van der Waals surface area (Å²) in [5.41, 5.74) is 0.782. The van der Waals surface area contributed by atoms with Crippen LogP contribution in [0.5, 0.6) is 5.88 Å². The molecule has 0 bridgehead atoms. The Morgan fingerprint density at radius 2 is 1.97 bits per heavy atom. The average molecular weight is 432 g/mol. The highest BCUT2D eigenvalue weighted by Gasteiger charge is 2.43. The van der Waals surface area contributed by atoms with Gasteiger partial charge in [-0.05, 0) is 30.5 Å². The molecule has 0 unspecified atom stereocenters. The Balaban J connectivity index is 1.21. The van der Waals surface area contributed by atoms with Gasteiger partial charge in [-0.3, -0.25) is 14.7 Å². The van der Waals surface area contributed by atoms with Gasteiger partial charge in [-0.2, -0.15) is 13.2 Å². The molecule has 0 spiro atoms. The number of alkyl halides is 3. The SMILES string of the molecule is O=C1[C@H]2C[C@@H](Oc3cnc(C4CC4)cn3)CN2CCN1Cc1cccc(C(F)(F)F)c1. The number of hydrogen-bond acceptors (Lipinski definition) is 5. The first-order valence-electron chi connectivity index (χ1n) is 10.5. The zero-order valence-electron chi connectivity index (χ0n) is 16.9. The summed E-state index contributed by atoms with van der Waals surface area (Å²) in [5, 5.41) is 0. The van der Waals surface area contributed by atoms with Gasteiger partial charge in [-0.25, -0.2) is 4.98 Å². The van der Waals surface area contributed by atoms with Crippen LogP contribution < -0.4 is 4.74 Å². The van der Waals surface area contributed by atoms with E-state index in [-0.39, 0.29) is 24.6 Å². The lowest BCUT2D eigenvalue weighted by molar-refractivity contribution is -0.140. The number of rotatable bonds is 5. The molecule has 0 radical (unpaired) electrons. The Hall–Kier alpha value is -2.68. The van der Waals surface area contributed by atoms with Gasteiger partial charge in [0.05, 0.1) is 29.7 Å². The zero-order chi connectivity index (χ0) is 21.6. The summed E-state index contributed by atoms with van der Waals surface area (Å²) < 4.78 is 44.9. The highest BCUT2D eigenvalue weighted by molar-refractivity contribution is 5.83. The second-order valence-corrected chi connectivity index (χ2v) is 8.50. The van der Waals surface area contributed by atoms with E-state index in [1.165, 1.54) is 6.07 Å². The monoisotopic (exact) mass is 432 g/mol. The van der Waals surface area contributed by atoms with Crippen LogP contribution in [0.25, 0.3) is 0 Å². The Kier molecular flexibility index (Phi) is 5.08. The van der Waals surface area contributed by atoms with Gasteiger partial charge in [0.25, 0.3) is 0 Å². The highest BCUT2D eigenvalue weighted by atomic mass is 19.4. The molecular formula is C22H23F3N4O2. The molecule has 3 heterocycles. The minimum atomic E-state index is -4.39. The molecule has 31 heavy (non-hydrogen) atoms. The second-order valence-electron chi connectivity index (χ2n) is 8.50. The fourth-order valence-corrected chi connectivity index (χ4v) is 4.39. The third-order valence-corrected chi connectivity index (χ3v) is 6.18. The molecule has 2 aromatic rings. The smallest absolute Gasteiger partial charge is 0.416 e. The summed E-state index contributed by atoms with van der Waals surface area (Å²) in [7, 11) is 0. The van der Waals surface area contributed by atoms with Crippen molar-refractivity contribution in [1.29, 1.82) is 0 Å². The number of hydrogen-bond donors (Lipinski definition) is 0. The quantitative estimate of drug-likeness (QED) is 0.726. The van der Waals surface area contributed by atoms with E-state index in [1.807, 2.05) is 0 Å². The van der Waals surface area contributed by atoms with Gasteiger partial charge < -0.3 is 9.64 Å². The zero-order valence-corrected chi connectivity index (χ0v) is 16.9. The number of carbonyl (C=O) groups excluding carboxylic acids is 1. The van der Waals surface area contributed by atoms with E-state index in [4.69, 9.17) is 4.74 Å². The molecule has 3 fully saturated rings. The van der Waals surface area contributed by atoms with Gasteiger partial charge in [0.2, 0.25) is 11.8 Å². The number of halogens is 3. The standard InChI is InChI=1S/C22H23F3N4O2/c23-22(24,25)16-3-1-2-14(8-16)12-29-7-6-28-13-17(9-19(28)21(29)30)31-20-11-26-18(10-27-20)15-4-5-15/h1-3,8,10-11,15,17,19H,4-7,9,12-13H2/t17-,19-/m1/s1. The molecular weight excluding hydrogens is 409 g/mol. The van der Waals surface area contributed by atoms with Crippen LogP contribution in [0.2, 0.25) is 0 Å². The van der Waals surface area contributed by atoms with Gasteiger partial charge in [0, 0.05) is 38.5 Å². The maximum Gasteiger partial charge on any atom is 0.416 e. The molecule has 1 aliphatic carbocycles. The summed E-state index contributed by atoms with van der Waals surface area (Å²) in [4.78, 5) is 25.5. The summed E-state index contributed by atoms with van der Waals surface area (Å²) in [6.45, 7) is 1.95. The number of ether oxygens (including phenoxy) is 1. The molecule has 164 valence electrons. The second kappa shape index (κ2) is 7.78. The van der Waals surface area contributed by atoms with Crippen molar-refractivity contribution in [3.63, 3.8) is 0 Å². The topological polar surface area (TPSA) is 58.6 Å². The largest absolute Gasteiger partial charge is 0.472 e. The number of piperazine rings is 1. The van der Waals surface area contributed by atoms with Crippen LogP contribution in [0.4, 0.5) is 13.2 Å². The van der Waals surface area contributed by atoms with E-state index in [0.717, 1.165) is 30.7 Å². The molecule has 1 saturated carbocycles. The van der Waals surface area contributed by atoms with Gasteiger partial charge in [-0.15, -0.1) is 0 Å². The highest BCUT2D eigenvalue weighted by Crippen LogP contribution is 2.38. The lowest BCUT2D eigenvalue weighted by atomic mass is 10.1. The van der Waals surface area contributed by atoms with Crippen LogP contribution in [0.15, 0.2) is 36.7 Å². The van der Waals surface area contributed by atoms with Gasteiger partial charge in [0.15, 0.2) is 0 Å². The fraction of sp³-hybridized carbons (Fsp3) is 0.500. The Morgan fingerprint density at radius 1 is 1.13 bits per heavy atom. The number of nitrogens with zero attached hydrogens (tertiary/aromatic N) is 4. The summed E-state index contributed by atoms with van der Waals surface area (Å²) in [6, 6.07) is 4.85. The van der Waals surface area contributed by atoms with E-state index in [0.29, 0.717) is 43.4 Å². The summed E-state index contributed by atoms with van der Waals surface area (Å²) >= 11 is 0. The minimum absolute atomic E-state index is 0.0649. The maximum absolute atomic E-state index is 13.0. The molecule has 0 N–H and O–H groups in total. The normalized spacial score (nSPS) is 24.4. The van der Waals surface area contributed by atoms with Crippen LogP contribution in [0, 0.1) is 0 Å². The first kappa shape index (κ1) is 20.2.